The minimum absolute atomic E-state index is 0.125. The fourth-order valence-electron chi connectivity index (χ4n) is 3.42. The topological polar surface area (TPSA) is 71.9 Å². The molecule has 0 N–H and O–H groups in total. The number of cyclic esters (lactones) is 1. The van der Waals surface area contributed by atoms with Gasteiger partial charge in [-0.3, -0.25) is 14.5 Å². The van der Waals surface area contributed by atoms with E-state index in [1.165, 1.54) is 4.57 Å². The molecule has 1 atom stereocenters. The van der Waals surface area contributed by atoms with Gasteiger partial charge >= 0.3 is 6.09 Å². The summed E-state index contributed by atoms with van der Waals surface area (Å²) in [4.78, 5) is 40.2. The number of hydrogen-bond acceptors (Lipinski definition) is 4. The second-order valence-corrected chi connectivity index (χ2v) is 6.16. The highest BCUT2D eigenvalue weighted by Crippen LogP contribution is 2.20. The maximum atomic E-state index is 12.9. The van der Waals surface area contributed by atoms with Gasteiger partial charge in [0.1, 0.15) is 12.2 Å². The van der Waals surface area contributed by atoms with Crippen molar-refractivity contribution in [2.45, 2.75) is 6.04 Å². The molecule has 1 aromatic carbocycles. The van der Waals surface area contributed by atoms with Crippen LogP contribution in [0.1, 0.15) is 10.4 Å². The van der Waals surface area contributed by atoms with Crippen LogP contribution in [0.15, 0.2) is 35.1 Å². The molecule has 124 valence electrons. The molecular formula is C17H17N3O4. The normalized spacial score (nSPS) is 20.2. The Hall–Kier alpha value is -2.83. The monoisotopic (exact) mass is 327 g/mol. The number of hydrogen-bond donors (Lipinski definition) is 0. The molecule has 2 aliphatic heterocycles. The van der Waals surface area contributed by atoms with Crippen LogP contribution in [0, 0.1) is 0 Å². The van der Waals surface area contributed by atoms with E-state index in [-0.39, 0.29) is 29.2 Å². The van der Waals surface area contributed by atoms with Crippen molar-refractivity contribution in [2.24, 2.45) is 7.05 Å². The van der Waals surface area contributed by atoms with E-state index in [1.54, 1.807) is 22.9 Å². The molecule has 7 heteroatoms. The largest absolute Gasteiger partial charge is 0.447 e. The van der Waals surface area contributed by atoms with E-state index >= 15 is 0 Å². The molecule has 0 aliphatic carbocycles. The van der Waals surface area contributed by atoms with Gasteiger partial charge in [0.15, 0.2) is 0 Å². The summed E-state index contributed by atoms with van der Waals surface area (Å²) in [6, 6.07) is 9.00. The number of ether oxygens (including phenoxy) is 1. The zero-order chi connectivity index (χ0) is 16.8. The number of rotatable bonds is 1. The predicted octanol–water partition coefficient (Wildman–Crippen LogP) is 0.815. The molecule has 2 aromatic rings. The highest BCUT2D eigenvalue weighted by atomic mass is 16.6. The highest BCUT2D eigenvalue weighted by Gasteiger charge is 2.39. The molecule has 0 radical (unpaired) electrons. The third-order valence-corrected chi connectivity index (χ3v) is 4.77. The van der Waals surface area contributed by atoms with E-state index in [2.05, 4.69) is 0 Å². The van der Waals surface area contributed by atoms with E-state index in [0.717, 1.165) is 10.9 Å². The predicted molar refractivity (Wildman–Crippen MR) is 86.9 cm³/mol. The summed E-state index contributed by atoms with van der Waals surface area (Å²) in [5, 5.41) is 0.848. The van der Waals surface area contributed by atoms with Crippen molar-refractivity contribution >= 4 is 22.9 Å². The number of para-hydroxylation sites is 1. The number of aromatic nitrogens is 1. The molecule has 0 unspecified atom stereocenters. The Bertz CT molecular complexity index is 904. The van der Waals surface area contributed by atoms with Crippen LogP contribution in [-0.4, -0.2) is 58.7 Å². The minimum atomic E-state index is -0.325. The van der Waals surface area contributed by atoms with E-state index in [1.807, 2.05) is 24.3 Å². The smallest absolute Gasteiger partial charge is 0.410 e. The fraction of sp³-hybridized carbons (Fsp3) is 0.353. The first-order chi connectivity index (χ1) is 11.6. The van der Waals surface area contributed by atoms with Gasteiger partial charge in [-0.25, -0.2) is 4.79 Å². The SMILES string of the molecule is Cn1c(=O)c(C(=O)N2CCN3C(=O)OC[C@H]3C2)cc2ccccc21. The van der Waals surface area contributed by atoms with Crippen LogP contribution in [0.25, 0.3) is 10.9 Å². The fourth-order valence-corrected chi connectivity index (χ4v) is 3.42. The molecule has 2 amide bonds. The van der Waals surface area contributed by atoms with Gasteiger partial charge < -0.3 is 14.2 Å². The summed E-state index contributed by atoms with van der Waals surface area (Å²) in [7, 11) is 1.67. The molecule has 0 saturated carbocycles. The van der Waals surface area contributed by atoms with E-state index in [9.17, 15) is 14.4 Å². The molecule has 2 fully saturated rings. The molecule has 3 heterocycles. The number of pyridine rings is 1. The van der Waals surface area contributed by atoms with Crippen LogP contribution in [0.2, 0.25) is 0 Å². The van der Waals surface area contributed by atoms with Gasteiger partial charge in [-0.2, -0.15) is 0 Å². The van der Waals surface area contributed by atoms with Crippen molar-refractivity contribution in [1.82, 2.24) is 14.4 Å². The summed E-state index contributed by atoms with van der Waals surface area (Å²) < 4.78 is 6.52. The zero-order valence-electron chi connectivity index (χ0n) is 13.3. The third-order valence-electron chi connectivity index (χ3n) is 4.77. The van der Waals surface area contributed by atoms with Crippen LogP contribution in [0.3, 0.4) is 0 Å². The lowest BCUT2D eigenvalue weighted by Gasteiger charge is -2.35. The van der Waals surface area contributed by atoms with Gasteiger partial charge in [0, 0.05) is 26.7 Å². The number of carbonyl (C=O) groups is 2. The molecule has 24 heavy (non-hydrogen) atoms. The van der Waals surface area contributed by atoms with Crippen molar-refractivity contribution in [3.63, 3.8) is 0 Å². The molecule has 0 bridgehead atoms. The van der Waals surface area contributed by atoms with Crippen LogP contribution < -0.4 is 5.56 Å². The molecule has 0 spiro atoms. The maximum Gasteiger partial charge on any atom is 0.410 e. The van der Waals surface area contributed by atoms with Gasteiger partial charge in [-0.05, 0) is 17.5 Å². The number of amides is 2. The van der Waals surface area contributed by atoms with E-state index in [4.69, 9.17) is 4.74 Å². The number of benzene rings is 1. The van der Waals surface area contributed by atoms with Crippen molar-refractivity contribution in [2.75, 3.05) is 26.2 Å². The number of nitrogens with zero attached hydrogens (tertiary/aromatic N) is 3. The number of piperazine rings is 1. The van der Waals surface area contributed by atoms with Crippen LogP contribution >= 0.6 is 0 Å². The molecule has 1 aromatic heterocycles. The molecule has 7 nitrogen and oxygen atoms in total. The van der Waals surface area contributed by atoms with Gasteiger partial charge in [0.05, 0.1) is 11.6 Å². The average molecular weight is 327 g/mol. The zero-order valence-corrected chi connectivity index (χ0v) is 13.3. The third kappa shape index (κ3) is 2.16. The average Bonchev–Trinajstić information content (AvgIpc) is 2.98. The quantitative estimate of drug-likeness (QED) is 0.777. The van der Waals surface area contributed by atoms with E-state index in [0.29, 0.717) is 26.2 Å². The second-order valence-electron chi connectivity index (χ2n) is 6.16. The Morgan fingerprint density at radius 1 is 1.21 bits per heavy atom. The van der Waals surface area contributed by atoms with E-state index < -0.39 is 0 Å². The minimum Gasteiger partial charge on any atom is -0.447 e. The lowest BCUT2D eigenvalue weighted by atomic mass is 10.1. The van der Waals surface area contributed by atoms with Crippen molar-refractivity contribution in [1.29, 1.82) is 0 Å². The second kappa shape index (κ2) is 5.36. The van der Waals surface area contributed by atoms with Crippen molar-refractivity contribution in [3.05, 3.63) is 46.2 Å². The van der Waals surface area contributed by atoms with Crippen molar-refractivity contribution in [3.8, 4) is 0 Å². The lowest BCUT2D eigenvalue weighted by Crippen LogP contribution is -2.54. The summed E-state index contributed by atoms with van der Waals surface area (Å²) in [6.45, 7) is 1.52. The van der Waals surface area contributed by atoms with Gasteiger partial charge in [0.25, 0.3) is 11.5 Å². The highest BCUT2D eigenvalue weighted by molar-refractivity contribution is 5.97. The number of fused-ring (bicyclic) bond motifs is 2. The Kier molecular flexibility index (Phi) is 3.30. The summed E-state index contributed by atoms with van der Waals surface area (Å²) in [5.74, 6) is -0.291. The standard InChI is InChI=1S/C17H17N3O4/c1-18-14-5-3-2-4-11(14)8-13(15(18)21)16(22)19-6-7-20-12(9-19)10-24-17(20)23/h2-5,8,12H,6-7,9-10H2,1H3/t12-/m1/s1. The Morgan fingerprint density at radius 3 is 2.83 bits per heavy atom. The van der Waals surface area contributed by atoms with Gasteiger partial charge in [-0.1, -0.05) is 18.2 Å². The first kappa shape index (κ1) is 14.7. The lowest BCUT2D eigenvalue weighted by molar-refractivity contribution is 0.0615. The first-order valence-corrected chi connectivity index (χ1v) is 7.87. The Morgan fingerprint density at radius 2 is 2.00 bits per heavy atom. The van der Waals surface area contributed by atoms with Crippen LogP contribution in [0.5, 0.6) is 0 Å². The maximum absolute atomic E-state index is 12.9. The van der Waals surface area contributed by atoms with Crippen LogP contribution in [0.4, 0.5) is 4.79 Å². The van der Waals surface area contributed by atoms with Gasteiger partial charge in [0.2, 0.25) is 0 Å². The number of aryl methyl sites for hydroxylation is 1. The van der Waals surface area contributed by atoms with Crippen molar-refractivity contribution < 1.29 is 14.3 Å². The Balaban J connectivity index is 1.68. The molecule has 2 aliphatic rings. The van der Waals surface area contributed by atoms with Gasteiger partial charge in [-0.15, -0.1) is 0 Å². The summed E-state index contributed by atoms with van der Waals surface area (Å²) >= 11 is 0. The molecular weight excluding hydrogens is 310 g/mol. The molecule has 4 rings (SSSR count). The molecule has 2 saturated heterocycles. The Labute approximate surface area is 138 Å². The van der Waals surface area contributed by atoms with Crippen LogP contribution in [-0.2, 0) is 11.8 Å². The first-order valence-electron chi connectivity index (χ1n) is 7.87. The number of carbonyl (C=O) groups excluding carboxylic acids is 2. The summed E-state index contributed by atoms with van der Waals surface area (Å²) in [6.07, 6.45) is -0.325. The summed E-state index contributed by atoms with van der Waals surface area (Å²) in [5.41, 5.74) is 0.647.